The fourth-order valence-electron chi connectivity index (χ4n) is 1.30. The fourth-order valence-corrected chi connectivity index (χ4v) is 1.47. The molecule has 0 saturated heterocycles. The molecule has 0 aliphatic heterocycles. The lowest BCUT2D eigenvalue weighted by atomic mass is 10.3. The average molecular weight is 254 g/mol. The van der Waals surface area contributed by atoms with Crippen LogP contribution in [0, 0.1) is 10.1 Å². The van der Waals surface area contributed by atoms with E-state index in [1.165, 1.54) is 16.9 Å². The van der Waals surface area contributed by atoms with Gasteiger partial charge in [0.05, 0.1) is 28.1 Å². The Morgan fingerprint density at radius 1 is 1.47 bits per heavy atom. The fraction of sp³-hybridized carbons (Fsp3) is 0.111. The topological polar surface area (TPSA) is 99.9 Å². The molecule has 7 nitrogen and oxygen atoms in total. The zero-order valence-electron chi connectivity index (χ0n) is 8.58. The normalized spacial score (nSPS) is 10.4. The van der Waals surface area contributed by atoms with Gasteiger partial charge >= 0.3 is 5.82 Å². The maximum absolute atomic E-state index is 10.5. The molecule has 2 heterocycles. The maximum Gasteiger partial charge on any atom is 0.389 e. The molecule has 0 aliphatic rings. The highest BCUT2D eigenvalue weighted by molar-refractivity contribution is 6.31. The number of aromatic nitrogens is 3. The number of halogens is 1. The van der Waals surface area contributed by atoms with Gasteiger partial charge in [-0.1, -0.05) is 11.6 Å². The van der Waals surface area contributed by atoms with E-state index in [0.29, 0.717) is 16.5 Å². The Balaban J connectivity index is 2.25. The van der Waals surface area contributed by atoms with Gasteiger partial charge in [-0.3, -0.25) is 0 Å². The van der Waals surface area contributed by atoms with Crippen LogP contribution in [0.1, 0.15) is 5.69 Å². The summed E-state index contributed by atoms with van der Waals surface area (Å²) >= 11 is 5.92. The van der Waals surface area contributed by atoms with Crippen LogP contribution < -0.4 is 5.73 Å². The van der Waals surface area contributed by atoms with Crippen molar-refractivity contribution < 1.29 is 4.92 Å². The summed E-state index contributed by atoms with van der Waals surface area (Å²) in [5.41, 5.74) is 6.05. The monoisotopic (exact) mass is 253 g/mol. The predicted molar refractivity (Wildman–Crippen MR) is 61.6 cm³/mol. The molecule has 2 aromatic rings. The summed E-state index contributed by atoms with van der Waals surface area (Å²) in [7, 11) is 0. The Hall–Kier alpha value is -2.15. The van der Waals surface area contributed by atoms with Crippen molar-refractivity contribution in [3.63, 3.8) is 0 Å². The van der Waals surface area contributed by atoms with Crippen molar-refractivity contribution in [2.45, 2.75) is 6.54 Å². The lowest BCUT2D eigenvalue weighted by Crippen LogP contribution is -2.05. The van der Waals surface area contributed by atoms with Crippen LogP contribution in [0.2, 0.25) is 5.02 Å². The minimum absolute atomic E-state index is 0.218. The molecule has 2 rings (SSSR count). The number of hydrogen-bond acceptors (Lipinski definition) is 5. The molecule has 0 bridgehead atoms. The Morgan fingerprint density at radius 3 is 2.88 bits per heavy atom. The van der Waals surface area contributed by atoms with Gasteiger partial charge in [-0.05, 0) is 17.1 Å². The lowest BCUT2D eigenvalue weighted by Gasteiger charge is -2.02. The molecule has 0 spiro atoms. The third-order valence-electron chi connectivity index (χ3n) is 2.07. The molecule has 0 aromatic carbocycles. The summed E-state index contributed by atoms with van der Waals surface area (Å²) in [4.78, 5) is 13.9. The second kappa shape index (κ2) is 4.38. The number of hydrogen-bond donors (Lipinski definition) is 1. The Labute approximate surface area is 101 Å². The molecular weight excluding hydrogens is 246 g/mol. The van der Waals surface area contributed by atoms with E-state index in [1.54, 1.807) is 12.1 Å². The van der Waals surface area contributed by atoms with Crippen molar-refractivity contribution in [2.75, 3.05) is 5.73 Å². The van der Waals surface area contributed by atoms with Gasteiger partial charge < -0.3 is 15.8 Å². The lowest BCUT2D eigenvalue weighted by molar-refractivity contribution is -0.389. The van der Waals surface area contributed by atoms with Gasteiger partial charge in [0.15, 0.2) is 0 Å². The zero-order valence-corrected chi connectivity index (χ0v) is 9.33. The van der Waals surface area contributed by atoms with Gasteiger partial charge in [-0.2, -0.15) is 4.68 Å². The van der Waals surface area contributed by atoms with Crippen molar-refractivity contribution in [2.24, 2.45) is 0 Å². The molecule has 17 heavy (non-hydrogen) atoms. The van der Waals surface area contributed by atoms with Gasteiger partial charge in [-0.25, -0.2) is 4.98 Å². The van der Waals surface area contributed by atoms with Crippen molar-refractivity contribution in [1.82, 2.24) is 14.8 Å². The van der Waals surface area contributed by atoms with E-state index in [1.807, 2.05) is 0 Å². The van der Waals surface area contributed by atoms with E-state index in [0.717, 1.165) is 0 Å². The van der Waals surface area contributed by atoms with Gasteiger partial charge in [-0.15, -0.1) is 0 Å². The standard InChI is InChI=1S/C9H8ClN5O2/c10-6-1-2-8(11)12-7(6)5-14-4-3-9(13-14)15(16)17/h1-4H,5H2,(H2,11,12). The maximum atomic E-state index is 10.5. The van der Waals surface area contributed by atoms with Gasteiger partial charge in [0, 0.05) is 0 Å². The van der Waals surface area contributed by atoms with Crippen molar-refractivity contribution in [3.8, 4) is 0 Å². The second-order valence-electron chi connectivity index (χ2n) is 3.29. The molecule has 88 valence electrons. The second-order valence-corrected chi connectivity index (χ2v) is 3.70. The van der Waals surface area contributed by atoms with Gasteiger partial charge in [0.25, 0.3) is 0 Å². The Kier molecular flexibility index (Phi) is 2.92. The number of pyridine rings is 1. The van der Waals surface area contributed by atoms with E-state index in [-0.39, 0.29) is 12.4 Å². The molecule has 0 amide bonds. The third-order valence-corrected chi connectivity index (χ3v) is 2.41. The Bertz CT molecular complexity index is 568. The summed E-state index contributed by atoms with van der Waals surface area (Å²) in [6, 6.07) is 4.51. The molecular formula is C9H8ClN5O2. The van der Waals surface area contributed by atoms with Crippen LogP contribution in [0.4, 0.5) is 11.6 Å². The first-order chi connectivity index (χ1) is 8.06. The van der Waals surface area contributed by atoms with Crippen LogP contribution in [-0.4, -0.2) is 19.7 Å². The van der Waals surface area contributed by atoms with Crippen LogP contribution >= 0.6 is 11.6 Å². The zero-order chi connectivity index (χ0) is 12.4. The molecule has 0 unspecified atom stereocenters. The summed E-state index contributed by atoms with van der Waals surface area (Å²) in [5.74, 6) is 0.121. The summed E-state index contributed by atoms with van der Waals surface area (Å²) in [6.07, 6.45) is 1.49. The largest absolute Gasteiger partial charge is 0.389 e. The number of nitrogens with zero attached hydrogens (tertiary/aromatic N) is 4. The summed E-state index contributed by atoms with van der Waals surface area (Å²) in [5, 5.41) is 14.7. The van der Waals surface area contributed by atoms with Crippen molar-refractivity contribution in [3.05, 3.63) is 45.2 Å². The highest BCUT2D eigenvalue weighted by atomic mass is 35.5. The van der Waals surface area contributed by atoms with Crippen LogP contribution in [0.25, 0.3) is 0 Å². The van der Waals surface area contributed by atoms with Crippen LogP contribution in [0.15, 0.2) is 24.4 Å². The Morgan fingerprint density at radius 2 is 2.24 bits per heavy atom. The molecule has 0 saturated carbocycles. The number of rotatable bonds is 3. The number of nitrogens with two attached hydrogens (primary N) is 1. The van der Waals surface area contributed by atoms with E-state index in [4.69, 9.17) is 17.3 Å². The summed E-state index contributed by atoms with van der Waals surface area (Å²) in [6.45, 7) is 0.234. The quantitative estimate of drug-likeness (QED) is 0.659. The predicted octanol–water partition coefficient (Wildman–Crippen LogP) is 1.47. The minimum atomic E-state index is -0.565. The molecule has 2 aromatic heterocycles. The highest BCUT2D eigenvalue weighted by Crippen LogP contribution is 2.16. The molecule has 0 atom stereocenters. The van der Waals surface area contributed by atoms with Crippen LogP contribution in [0.5, 0.6) is 0 Å². The van der Waals surface area contributed by atoms with E-state index >= 15 is 0 Å². The number of nitrogen functional groups attached to an aromatic ring is 1. The SMILES string of the molecule is Nc1ccc(Cl)c(Cn2ccc([N+](=O)[O-])n2)n1. The van der Waals surface area contributed by atoms with Crippen LogP contribution in [-0.2, 0) is 6.54 Å². The summed E-state index contributed by atoms with van der Waals surface area (Å²) < 4.78 is 1.38. The van der Waals surface area contributed by atoms with Crippen molar-refractivity contribution >= 4 is 23.2 Å². The first kappa shape index (κ1) is 11.3. The van der Waals surface area contributed by atoms with Gasteiger partial charge in [0.1, 0.15) is 12.4 Å². The molecule has 0 aliphatic carbocycles. The van der Waals surface area contributed by atoms with Crippen molar-refractivity contribution in [1.29, 1.82) is 0 Å². The first-order valence-electron chi connectivity index (χ1n) is 4.65. The molecule has 0 radical (unpaired) electrons. The minimum Gasteiger partial charge on any atom is -0.384 e. The van der Waals surface area contributed by atoms with Crippen LogP contribution in [0.3, 0.4) is 0 Å². The number of nitro groups is 1. The van der Waals surface area contributed by atoms with E-state index < -0.39 is 4.92 Å². The molecule has 0 fully saturated rings. The molecule has 2 N–H and O–H groups in total. The first-order valence-corrected chi connectivity index (χ1v) is 5.03. The number of anilines is 1. The third kappa shape index (κ3) is 2.51. The average Bonchev–Trinajstić information content (AvgIpc) is 2.72. The molecule has 8 heteroatoms. The van der Waals surface area contributed by atoms with Gasteiger partial charge in [0.2, 0.25) is 0 Å². The smallest absolute Gasteiger partial charge is 0.384 e. The van der Waals surface area contributed by atoms with E-state index in [9.17, 15) is 10.1 Å². The van der Waals surface area contributed by atoms with E-state index in [2.05, 4.69) is 10.1 Å². The highest BCUT2D eigenvalue weighted by Gasteiger charge is 2.12.